The minimum absolute atomic E-state index is 0.196. The molecule has 7 heteroatoms. The third kappa shape index (κ3) is 4.91. The van der Waals surface area contributed by atoms with Crippen molar-refractivity contribution in [1.82, 2.24) is 5.32 Å². The quantitative estimate of drug-likeness (QED) is 0.586. The van der Waals surface area contributed by atoms with E-state index in [1.54, 1.807) is 12.1 Å². The largest absolute Gasteiger partial charge is 0.465 e. The summed E-state index contributed by atoms with van der Waals surface area (Å²) in [5.41, 5.74) is 8.63. The summed E-state index contributed by atoms with van der Waals surface area (Å²) in [5, 5.41) is 13.9. The molecule has 0 radical (unpaired) electrons. The zero-order chi connectivity index (χ0) is 19.2. The van der Waals surface area contributed by atoms with Crippen LogP contribution in [0.25, 0.3) is 0 Å². The molecule has 2 aromatic rings. The zero-order valence-electron chi connectivity index (χ0n) is 15.0. The predicted octanol–water partition coefficient (Wildman–Crippen LogP) is 3.01. The highest BCUT2D eigenvalue weighted by Crippen LogP contribution is 2.26. The first-order chi connectivity index (χ1) is 13.0. The fourth-order valence-corrected chi connectivity index (χ4v) is 3.31. The first-order valence-corrected chi connectivity index (χ1v) is 9.00. The maximum Gasteiger partial charge on any atom is 0.404 e. The number of para-hydroxylation sites is 2. The molecule has 1 aliphatic rings. The van der Waals surface area contributed by atoms with Gasteiger partial charge in [-0.2, -0.15) is 0 Å². The van der Waals surface area contributed by atoms with E-state index < -0.39 is 6.09 Å². The van der Waals surface area contributed by atoms with Gasteiger partial charge in [0.2, 0.25) is 0 Å². The molecule has 0 aliphatic carbocycles. The van der Waals surface area contributed by atoms with E-state index in [9.17, 15) is 9.59 Å². The molecular formula is C20H24N4O3. The molecule has 1 heterocycles. The molecule has 3 rings (SSSR count). The standard InChI is InChI=1S/C20H24N4O3/c21-17-3-1-2-4-18(17)23-19(25)15-5-7-16(8-6-15)24-12-10-14(13-24)9-11-22-20(26)27/h1-8,14,22H,9-13,21H2,(H,23,25)(H,26,27). The van der Waals surface area contributed by atoms with Crippen molar-refractivity contribution in [1.29, 1.82) is 0 Å². The van der Waals surface area contributed by atoms with E-state index in [4.69, 9.17) is 10.8 Å². The summed E-state index contributed by atoms with van der Waals surface area (Å²) < 4.78 is 0. The number of hydrogen-bond acceptors (Lipinski definition) is 4. The van der Waals surface area contributed by atoms with Gasteiger partial charge in [0.05, 0.1) is 11.4 Å². The molecule has 142 valence electrons. The topological polar surface area (TPSA) is 108 Å². The second-order valence-electron chi connectivity index (χ2n) is 6.71. The average Bonchev–Trinajstić information content (AvgIpc) is 3.12. The fraction of sp³-hybridized carbons (Fsp3) is 0.300. The number of hydrogen-bond donors (Lipinski definition) is 4. The fourth-order valence-electron chi connectivity index (χ4n) is 3.31. The number of nitrogen functional groups attached to an aromatic ring is 1. The van der Waals surface area contributed by atoms with Crippen LogP contribution >= 0.6 is 0 Å². The maximum atomic E-state index is 12.4. The van der Waals surface area contributed by atoms with Crippen LogP contribution in [0.5, 0.6) is 0 Å². The molecule has 0 spiro atoms. The lowest BCUT2D eigenvalue weighted by molar-refractivity contribution is 0.102. The van der Waals surface area contributed by atoms with Crippen LogP contribution in [0.1, 0.15) is 23.2 Å². The third-order valence-corrected chi connectivity index (χ3v) is 4.82. The van der Waals surface area contributed by atoms with Crippen LogP contribution in [0.3, 0.4) is 0 Å². The first-order valence-electron chi connectivity index (χ1n) is 9.00. The van der Waals surface area contributed by atoms with Gasteiger partial charge < -0.3 is 26.4 Å². The smallest absolute Gasteiger partial charge is 0.404 e. The van der Waals surface area contributed by atoms with E-state index in [-0.39, 0.29) is 5.91 Å². The average molecular weight is 368 g/mol. The number of carbonyl (C=O) groups excluding carboxylic acids is 1. The van der Waals surface area contributed by atoms with Crippen LogP contribution in [0.2, 0.25) is 0 Å². The van der Waals surface area contributed by atoms with Crippen molar-refractivity contribution in [3.63, 3.8) is 0 Å². The number of nitrogens with two attached hydrogens (primary N) is 1. The van der Waals surface area contributed by atoms with Gasteiger partial charge in [-0.3, -0.25) is 4.79 Å². The van der Waals surface area contributed by atoms with Gasteiger partial charge in [-0.05, 0) is 55.2 Å². The van der Waals surface area contributed by atoms with E-state index in [0.717, 1.165) is 31.6 Å². The molecule has 7 nitrogen and oxygen atoms in total. The van der Waals surface area contributed by atoms with Crippen LogP contribution < -0.4 is 21.3 Å². The highest BCUT2D eigenvalue weighted by atomic mass is 16.4. The molecular weight excluding hydrogens is 344 g/mol. The van der Waals surface area contributed by atoms with Gasteiger partial charge in [0.1, 0.15) is 0 Å². The van der Waals surface area contributed by atoms with Gasteiger partial charge in [0.25, 0.3) is 5.91 Å². The molecule has 1 atom stereocenters. The number of amides is 2. The highest BCUT2D eigenvalue weighted by molar-refractivity contribution is 6.05. The van der Waals surface area contributed by atoms with Crippen molar-refractivity contribution in [2.24, 2.45) is 5.92 Å². The molecule has 2 aromatic carbocycles. The number of rotatable bonds is 6. The Morgan fingerprint density at radius 2 is 1.89 bits per heavy atom. The van der Waals surface area contributed by atoms with Crippen molar-refractivity contribution in [3.8, 4) is 0 Å². The van der Waals surface area contributed by atoms with E-state index in [1.807, 2.05) is 36.4 Å². The number of carboxylic acid groups (broad SMARTS) is 1. The molecule has 2 amide bonds. The van der Waals surface area contributed by atoms with Gasteiger partial charge in [-0.15, -0.1) is 0 Å². The van der Waals surface area contributed by atoms with Gasteiger partial charge in [0, 0.05) is 30.9 Å². The van der Waals surface area contributed by atoms with Crippen molar-refractivity contribution < 1.29 is 14.7 Å². The molecule has 1 unspecified atom stereocenters. The van der Waals surface area contributed by atoms with Crippen molar-refractivity contribution >= 4 is 29.1 Å². The Hall–Kier alpha value is -3.22. The SMILES string of the molecule is Nc1ccccc1NC(=O)c1ccc(N2CCC(CCNC(=O)O)C2)cc1. The van der Waals surface area contributed by atoms with Gasteiger partial charge in [-0.25, -0.2) is 4.79 Å². The lowest BCUT2D eigenvalue weighted by atomic mass is 10.1. The second kappa shape index (κ2) is 8.44. The lowest BCUT2D eigenvalue weighted by Gasteiger charge is -2.19. The summed E-state index contributed by atoms with van der Waals surface area (Å²) >= 11 is 0. The van der Waals surface area contributed by atoms with Crippen molar-refractivity contribution in [2.45, 2.75) is 12.8 Å². The van der Waals surface area contributed by atoms with Crippen LogP contribution in [0.4, 0.5) is 21.9 Å². The Kier molecular flexibility index (Phi) is 5.80. The van der Waals surface area contributed by atoms with Crippen LogP contribution in [0.15, 0.2) is 48.5 Å². The van der Waals surface area contributed by atoms with Crippen LogP contribution in [-0.2, 0) is 0 Å². The second-order valence-corrected chi connectivity index (χ2v) is 6.71. The summed E-state index contributed by atoms with van der Waals surface area (Å²) in [6, 6.07) is 14.7. The third-order valence-electron chi connectivity index (χ3n) is 4.82. The predicted molar refractivity (Wildman–Crippen MR) is 106 cm³/mol. The zero-order valence-corrected chi connectivity index (χ0v) is 15.0. The number of anilines is 3. The van der Waals surface area contributed by atoms with Crippen LogP contribution in [0, 0.1) is 5.92 Å². The summed E-state index contributed by atoms with van der Waals surface area (Å²) in [7, 11) is 0. The molecule has 0 aromatic heterocycles. The number of nitrogens with zero attached hydrogens (tertiary/aromatic N) is 1. The Morgan fingerprint density at radius 3 is 2.59 bits per heavy atom. The summed E-state index contributed by atoms with van der Waals surface area (Å²) in [5.74, 6) is 0.277. The molecule has 27 heavy (non-hydrogen) atoms. The summed E-state index contributed by atoms with van der Waals surface area (Å²) in [6.45, 7) is 2.31. The van der Waals surface area contributed by atoms with Gasteiger partial charge >= 0.3 is 6.09 Å². The Bertz CT molecular complexity index is 807. The molecule has 0 bridgehead atoms. The van der Waals surface area contributed by atoms with Gasteiger partial charge in [0.15, 0.2) is 0 Å². The summed E-state index contributed by atoms with van der Waals surface area (Å²) in [6.07, 6.45) is 0.898. The Labute approximate surface area is 158 Å². The minimum atomic E-state index is -0.976. The van der Waals surface area contributed by atoms with Crippen molar-refractivity contribution in [2.75, 3.05) is 35.6 Å². The Balaban J connectivity index is 1.55. The first kappa shape index (κ1) is 18.6. The lowest BCUT2D eigenvalue weighted by Crippen LogP contribution is -2.25. The van der Waals surface area contributed by atoms with E-state index >= 15 is 0 Å². The number of carbonyl (C=O) groups is 2. The van der Waals surface area contributed by atoms with E-state index in [0.29, 0.717) is 29.4 Å². The number of nitrogens with one attached hydrogen (secondary N) is 2. The molecule has 1 fully saturated rings. The number of benzene rings is 2. The minimum Gasteiger partial charge on any atom is -0.465 e. The summed E-state index contributed by atoms with van der Waals surface area (Å²) in [4.78, 5) is 25.2. The maximum absolute atomic E-state index is 12.4. The van der Waals surface area contributed by atoms with Crippen LogP contribution in [-0.4, -0.2) is 36.7 Å². The van der Waals surface area contributed by atoms with E-state index in [2.05, 4.69) is 15.5 Å². The van der Waals surface area contributed by atoms with Crippen molar-refractivity contribution in [3.05, 3.63) is 54.1 Å². The van der Waals surface area contributed by atoms with E-state index in [1.165, 1.54) is 0 Å². The highest BCUT2D eigenvalue weighted by Gasteiger charge is 2.22. The molecule has 1 aliphatic heterocycles. The Morgan fingerprint density at radius 1 is 1.15 bits per heavy atom. The molecule has 0 saturated carbocycles. The van der Waals surface area contributed by atoms with Gasteiger partial charge in [-0.1, -0.05) is 12.1 Å². The normalized spacial score (nSPS) is 16.1. The molecule has 5 N–H and O–H groups in total. The molecule has 1 saturated heterocycles. The monoisotopic (exact) mass is 368 g/mol.